The van der Waals surface area contributed by atoms with E-state index < -0.39 is 5.41 Å². The quantitative estimate of drug-likeness (QED) is 0.868. The lowest BCUT2D eigenvalue weighted by molar-refractivity contribution is -0.128. The fraction of sp³-hybridized carbons (Fsp3) is 0.529. The molecule has 1 aliphatic heterocycles. The van der Waals surface area contributed by atoms with E-state index in [9.17, 15) is 9.59 Å². The molecule has 0 radical (unpaired) electrons. The van der Waals surface area contributed by atoms with Crippen molar-refractivity contribution in [3.05, 3.63) is 24.3 Å². The number of hydrogen-bond acceptors (Lipinski definition) is 4. The summed E-state index contributed by atoms with van der Waals surface area (Å²) in [7, 11) is 0. The van der Waals surface area contributed by atoms with Crippen LogP contribution in [0, 0.1) is 5.41 Å². The predicted octanol–water partition coefficient (Wildman–Crippen LogP) is 3.00. The first-order valence-corrected chi connectivity index (χ1v) is 8.92. The van der Waals surface area contributed by atoms with Crippen molar-refractivity contribution in [2.75, 3.05) is 29.6 Å². The fourth-order valence-electron chi connectivity index (χ4n) is 2.15. The van der Waals surface area contributed by atoms with E-state index in [0.29, 0.717) is 6.54 Å². The van der Waals surface area contributed by atoms with Crippen LogP contribution < -0.4 is 10.6 Å². The first-order valence-electron chi connectivity index (χ1n) is 7.87. The van der Waals surface area contributed by atoms with Gasteiger partial charge in [-0.2, -0.15) is 0 Å². The van der Waals surface area contributed by atoms with Crippen LogP contribution in [-0.2, 0) is 9.59 Å². The van der Waals surface area contributed by atoms with Crippen LogP contribution in [0.25, 0.3) is 0 Å². The van der Waals surface area contributed by atoms with Gasteiger partial charge in [-0.3, -0.25) is 9.59 Å². The molecule has 0 aromatic heterocycles. The molecule has 5 nitrogen and oxygen atoms in total. The molecule has 23 heavy (non-hydrogen) atoms. The average Bonchev–Trinajstić information content (AvgIpc) is 2.85. The zero-order valence-electron chi connectivity index (χ0n) is 14.2. The molecule has 0 spiro atoms. The van der Waals surface area contributed by atoms with Gasteiger partial charge in [0.1, 0.15) is 5.25 Å². The second-order valence-corrected chi connectivity index (χ2v) is 7.81. The molecule has 0 aliphatic carbocycles. The average molecular weight is 335 g/mol. The highest BCUT2D eigenvalue weighted by atomic mass is 32.2. The molecular formula is C17H25N3O2S. The predicted molar refractivity (Wildman–Crippen MR) is 96.6 cm³/mol. The molecule has 6 heteroatoms. The normalized spacial score (nSPS) is 18.2. The van der Waals surface area contributed by atoms with Crippen LogP contribution in [0.1, 0.15) is 27.7 Å². The third-order valence-corrected chi connectivity index (χ3v) is 4.93. The standard InChI is InChI=1S/C17H25N3O2S/c1-5-20-11-23-14(15(20)21)10-18-12-7-6-8-13(9-12)19-16(22)17(2,3)4/h6-9,14,18H,5,10-11H2,1-4H3,(H,19,22). The maximum Gasteiger partial charge on any atom is 0.238 e. The Morgan fingerprint density at radius 1 is 1.35 bits per heavy atom. The van der Waals surface area contributed by atoms with Gasteiger partial charge in [0.2, 0.25) is 11.8 Å². The van der Waals surface area contributed by atoms with Crippen molar-refractivity contribution in [1.82, 2.24) is 4.90 Å². The van der Waals surface area contributed by atoms with E-state index in [4.69, 9.17) is 0 Å². The Kier molecular flexibility index (Phi) is 5.57. The second-order valence-electron chi connectivity index (χ2n) is 6.64. The van der Waals surface area contributed by atoms with Crippen molar-refractivity contribution in [2.24, 2.45) is 5.41 Å². The first kappa shape index (κ1) is 17.7. The highest BCUT2D eigenvalue weighted by Crippen LogP contribution is 2.25. The monoisotopic (exact) mass is 335 g/mol. The number of thioether (sulfide) groups is 1. The zero-order valence-corrected chi connectivity index (χ0v) is 15.0. The number of benzene rings is 1. The number of hydrogen-bond donors (Lipinski definition) is 2. The number of amides is 2. The lowest BCUT2D eigenvalue weighted by atomic mass is 9.95. The van der Waals surface area contributed by atoms with Crippen LogP contribution in [0.4, 0.5) is 11.4 Å². The summed E-state index contributed by atoms with van der Waals surface area (Å²) in [6.07, 6.45) is 0. The number of carbonyl (C=O) groups excluding carboxylic acids is 2. The maximum atomic E-state index is 12.1. The molecule has 1 unspecified atom stereocenters. The van der Waals surface area contributed by atoms with E-state index >= 15 is 0 Å². The van der Waals surface area contributed by atoms with Crippen LogP contribution >= 0.6 is 11.8 Å². The van der Waals surface area contributed by atoms with E-state index in [0.717, 1.165) is 23.8 Å². The first-order chi connectivity index (χ1) is 10.8. The topological polar surface area (TPSA) is 61.4 Å². The molecule has 0 saturated carbocycles. The number of nitrogens with one attached hydrogen (secondary N) is 2. The van der Waals surface area contributed by atoms with Crippen LogP contribution in [0.15, 0.2) is 24.3 Å². The van der Waals surface area contributed by atoms with E-state index in [-0.39, 0.29) is 17.1 Å². The summed E-state index contributed by atoms with van der Waals surface area (Å²) in [5.41, 5.74) is 1.23. The van der Waals surface area contributed by atoms with Gasteiger partial charge in [-0.25, -0.2) is 0 Å². The molecule has 1 aromatic rings. The summed E-state index contributed by atoms with van der Waals surface area (Å²) >= 11 is 1.66. The van der Waals surface area contributed by atoms with Gasteiger partial charge in [0.05, 0.1) is 5.88 Å². The van der Waals surface area contributed by atoms with Crippen molar-refractivity contribution in [1.29, 1.82) is 0 Å². The number of anilines is 2. The van der Waals surface area contributed by atoms with Crippen molar-refractivity contribution in [3.63, 3.8) is 0 Å². The highest BCUT2D eigenvalue weighted by Gasteiger charge is 2.30. The van der Waals surface area contributed by atoms with Crippen LogP contribution in [0.2, 0.25) is 0 Å². The van der Waals surface area contributed by atoms with Gasteiger partial charge >= 0.3 is 0 Å². The maximum absolute atomic E-state index is 12.1. The molecule has 1 heterocycles. The molecule has 0 bridgehead atoms. The summed E-state index contributed by atoms with van der Waals surface area (Å²) in [5, 5.41) is 6.17. The molecule has 1 aromatic carbocycles. The van der Waals surface area contributed by atoms with E-state index in [1.54, 1.807) is 11.8 Å². The summed E-state index contributed by atoms with van der Waals surface area (Å²) in [6.45, 7) is 9.00. The zero-order chi connectivity index (χ0) is 17.0. The van der Waals surface area contributed by atoms with Crippen molar-refractivity contribution in [3.8, 4) is 0 Å². The smallest absolute Gasteiger partial charge is 0.238 e. The Labute approximate surface area is 142 Å². The van der Waals surface area contributed by atoms with Crippen LogP contribution in [0.5, 0.6) is 0 Å². The second kappa shape index (κ2) is 7.25. The number of carbonyl (C=O) groups is 2. The van der Waals surface area contributed by atoms with Gasteiger partial charge in [-0.1, -0.05) is 26.8 Å². The minimum atomic E-state index is -0.431. The van der Waals surface area contributed by atoms with E-state index in [1.165, 1.54) is 0 Å². The van der Waals surface area contributed by atoms with Crippen LogP contribution in [0.3, 0.4) is 0 Å². The minimum Gasteiger partial charge on any atom is -0.383 e. The number of nitrogens with zero attached hydrogens (tertiary/aromatic N) is 1. The van der Waals surface area contributed by atoms with Gasteiger partial charge in [0, 0.05) is 29.9 Å². The molecule has 1 aliphatic rings. The van der Waals surface area contributed by atoms with Crippen molar-refractivity contribution < 1.29 is 9.59 Å². The van der Waals surface area contributed by atoms with E-state index in [2.05, 4.69) is 10.6 Å². The molecule has 1 atom stereocenters. The number of rotatable bonds is 5. The molecule has 2 N–H and O–H groups in total. The third kappa shape index (κ3) is 4.64. The van der Waals surface area contributed by atoms with Gasteiger partial charge in [-0.05, 0) is 25.1 Å². The third-order valence-electron chi connectivity index (χ3n) is 3.69. The van der Waals surface area contributed by atoms with Gasteiger partial charge in [0.15, 0.2) is 0 Å². The Morgan fingerprint density at radius 3 is 2.65 bits per heavy atom. The van der Waals surface area contributed by atoms with Crippen molar-refractivity contribution >= 4 is 35.0 Å². The summed E-state index contributed by atoms with van der Waals surface area (Å²) in [5.74, 6) is 0.945. The van der Waals surface area contributed by atoms with Gasteiger partial charge < -0.3 is 15.5 Å². The fourth-order valence-corrected chi connectivity index (χ4v) is 3.31. The Hall–Kier alpha value is -1.69. The van der Waals surface area contributed by atoms with E-state index in [1.807, 2.05) is 56.9 Å². The molecule has 126 valence electrons. The lowest BCUT2D eigenvalue weighted by Gasteiger charge is -2.18. The molecule has 2 amide bonds. The summed E-state index contributed by atoms with van der Waals surface area (Å²) < 4.78 is 0. The van der Waals surface area contributed by atoms with Crippen molar-refractivity contribution in [2.45, 2.75) is 32.9 Å². The Morgan fingerprint density at radius 2 is 2.04 bits per heavy atom. The molecule has 1 saturated heterocycles. The Bertz CT molecular complexity index is 583. The molecule has 1 fully saturated rings. The summed E-state index contributed by atoms with van der Waals surface area (Å²) in [4.78, 5) is 26.0. The largest absolute Gasteiger partial charge is 0.383 e. The lowest BCUT2D eigenvalue weighted by Crippen LogP contribution is -2.32. The molecule has 2 rings (SSSR count). The van der Waals surface area contributed by atoms with Gasteiger partial charge in [0.25, 0.3) is 0 Å². The minimum absolute atomic E-state index is 0.0187. The summed E-state index contributed by atoms with van der Waals surface area (Å²) in [6, 6.07) is 7.59. The SMILES string of the molecule is CCN1CSC(CNc2cccc(NC(=O)C(C)(C)C)c2)C1=O. The Balaban J connectivity index is 1.93. The highest BCUT2D eigenvalue weighted by molar-refractivity contribution is 8.01. The van der Waals surface area contributed by atoms with Gasteiger partial charge in [-0.15, -0.1) is 11.8 Å². The van der Waals surface area contributed by atoms with Crippen LogP contribution in [-0.4, -0.2) is 40.9 Å². The molecular weight excluding hydrogens is 310 g/mol.